The van der Waals surface area contributed by atoms with Crippen LogP contribution < -0.4 is 4.90 Å². The second-order valence-electron chi connectivity index (χ2n) is 7.58. The van der Waals surface area contributed by atoms with Crippen LogP contribution in [0.25, 0.3) is 0 Å². The predicted octanol–water partition coefficient (Wildman–Crippen LogP) is 3.31. The number of piperidine rings is 1. The molecular formula is C21H26N4O. The lowest BCUT2D eigenvalue weighted by Crippen LogP contribution is -2.47. The van der Waals surface area contributed by atoms with Crippen molar-refractivity contribution in [2.45, 2.75) is 31.4 Å². The smallest absolute Gasteiger partial charge is 0.156 e. The number of likely N-dealkylation sites (tertiary alicyclic amines) is 1. The molecular weight excluding hydrogens is 324 g/mol. The first-order valence-electron chi connectivity index (χ1n) is 9.29. The fraction of sp³-hybridized carbons (Fsp3) is 0.429. The van der Waals surface area contributed by atoms with Crippen LogP contribution in [0.2, 0.25) is 0 Å². The summed E-state index contributed by atoms with van der Waals surface area (Å²) in [6, 6.07) is 14.8. The lowest BCUT2D eigenvalue weighted by Gasteiger charge is -2.38. The first-order valence-corrected chi connectivity index (χ1v) is 9.29. The van der Waals surface area contributed by atoms with E-state index >= 15 is 0 Å². The lowest BCUT2D eigenvalue weighted by atomic mass is 9.87. The number of rotatable bonds is 4. The highest BCUT2D eigenvalue weighted by Gasteiger charge is 2.43. The number of anilines is 1. The van der Waals surface area contributed by atoms with Crippen molar-refractivity contribution in [3.05, 3.63) is 59.9 Å². The minimum atomic E-state index is -0.186. The maximum atomic E-state index is 5.97. The van der Waals surface area contributed by atoms with Gasteiger partial charge in [0, 0.05) is 45.5 Å². The number of hydrogen-bond acceptors (Lipinski definition) is 5. The highest BCUT2D eigenvalue weighted by molar-refractivity contribution is 6.00. The Hall–Kier alpha value is -2.40. The van der Waals surface area contributed by atoms with Crippen molar-refractivity contribution in [1.29, 1.82) is 0 Å². The zero-order valence-corrected chi connectivity index (χ0v) is 15.6. The Labute approximate surface area is 155 Å². The quantitative estimate of drug-likeness (QED) is 0.848. The average Bonchev–Trinajstić information content (AvgIpc) is 3.06. The molecule has 1 spiro atoms. The first kappa shape index (κ1) is 17.0. The van der Waals surface area contributed by atoms with E-state index in [9.17, 15) is 0 Å². The SMILES string of the molecule is CN(C)c1ccc(CN2CCCC3(CC(c4ccccn4)=NO3)C2)cc1. The molecule has 5 nitrogen and oxygen atoms in total. The van der Waals surface area contributed by atoms with Gasteiger partial charge in [-0.25, -0.2) is 0 Å². The Morgan fingerprint density at radius 2 is 2.00 bits per heavy atom. The maximum absolute atomic E-state index is 5.97. The standard InChI is InChI=1S/C21H26N4O/c1-24(2)18-9-7-17(8-10-18)15-25-13-5-11-21(16-25)14-20(23-26-21)19-6-3-4-12-22-19/h3-4,6-10,12H,5,11,13-16H2,1-2H3. The van der Waals surface area contributed by atoms with Crippen molar-refractivity contribution in [3.63, 3.8) is 0 Å². The maximum Gasteiger partial charge on any atom is 0.156 e. The Morgan fingerprint density at radius 3 is 2.73 bits per heavy atom. The summed E-state index contributed by atoms with van der Waals surface area (Å²) in [4.78, 5) is 15.0. The number of oxime groups is 1. The fourth-order valence-corrected chi connectivity index (χ4v) is 3.89. The van der Waals surface area contributed by atoms with E-state index in [0.717, 1.165) is 50.3 Å². The normalized spacial score (nSPS) is 22.9. The number of hydrogen-bond donors (Lipinski definition) is 0. The van der Waals surface area contributed by atoms with Gasteiger partial charge in [-0.2, -0.15) is 0 Å². The highest BCUT2D eigenvalue weighted by Crippen LogP contribution is 2.35. The molecule has 3 heterocycles. The van der Waals surface area contributed by atoms with Crippen molar-refractivity contribution >= 4 is 11.4 Å². The summed E-state index contributed by atoms with van der Waals surface area (Å²) >= 11 is 0. The summed E-state index contributed by atoms with van der Waals surface area (Å²) in [5.41, 5.74) is 4.30. The van der Waals surface area contributed by atoms with E-state index in [0.29, 0.717) is 0 Å². The Bertz CT molecular complexity index is 772. The van der Waals surface area contributed by atoms with Gasteiger partial charge in [-0.1, -0.05) is 23.4 Å². The van der Waals surface area contributed by atoms with Crippen LogP contribution in [0.4, 0.5) is 5.69 Å². The van der Waals surface area contributed by atoms with Crippen LogP contribution in [0.5, 0.6) is 0 Å². The number of benzene rings is 1. The number of nitrogens with zero attached hydrogens (tertiary/aromatic N) is 4. The van der Waals surface area contributed by atoms with Gasteiger partial charge in [0.05, 0.1) is 5.69 Å². The van der Waals surface area contributed by atoms with E-state index in [4.69, 9.17) is 4.84 Å². The van der Waals surface area contributed by atoms with Crippen LogP contribution in [-0.4, -0.2) is 48.4 Å². The summed E-state index contributed by atoms with van der Waals surface area (Å²) in [6.07, 6.45) is 4.86. The second kappa shape index (κ2) is 7.08. The van der Waals surface area contributed by atoms with Gasteiger partial charge in [-0.05, 0) is 49.2 Å². The third-order valence-corrected chi connectivity index (χ3v) is 5.28. The molecule has 0 saturated carbocycles. The molecule has 26 heavy (non-hydrogen) atoms. The largest absolute Gasteiger partial charge is 0.387 e. The van der Waals surface area contributed by atoms with Gasteiger partial charge in [0.1, 0.15) is 5.71 Å². The number of aromatic nitrogens is 1. The van der Waals surface area contributed by atoms with Crippen molar-refractivity contribution in [1.82, 2.24) is 9.88 Å². The van der Waals surface area contributed by atoms with Crippen LogP contribution >= 0.6 is 0 Å². The van der Waals surface area contributed by atoms with Gasteiger partial charge < -0.3 is 9.74 Å². The topological polar surface area (TPSA) is 41.0 Å². The molecule has 1 unspecified atom stereocenters. The molecule has 0 N–H and O–H groups in total. The molecule has 136 valence electrons. The third kappa shape index (κ3) is 3.58. The molecule has 0 bridgehead atoms. The molecule has 1 aromatic heterocycles. The van der Waals surface area contributed by atoms with Gasteiger partial charge in [-0.15, -0.1) is 0 Å². The summed E-state index contributed by atoms with van der Waals surface area (Å²) in [5.74, 6) is 0. The van der Waals surface area contributed by atoms with Crippen LogP contribution in [-0.2, 0) is 11.4 Å². The summed E-state index contributed by atoms with van der Waals surface area (Å²) in [5, 5.41) is 4.38. The molecule has 4 rings (SSSR count). The van der Waals surface area contributed by atoms with E-state index in [1.54, 1.807) is 0 Å². The fourth-order valence-electron chi connectivity index (χ4n) is 3.89. The molecule has 1 aromatic carbocycles. The van der Waals surface area contributed by atoms with Crippen molar-refractivity contribution in [2.24, 2.45) is 5.16 Å². The van der Waals surface area contributed by atoms with Gasteiger partial charge in [0.2, 0.25) is 0 Å². The summed E-state index contributed by atoms with van der Waals surface area (Å²) in [6.45, 7) is 2.99. The first-order chi connectivity index (χ1) is 12.6. The van der Waals surface area contributed by atoms with Gasteiger partial charge in [0.15, 0.2) is 5.60 Å². The zero-order valence-electron chi connectivity index (χ0n) is 15.6. The van der Waals surface area contributed by atoms with Crippen molar-refractivity contribution in [2.75, 3.05) is 32.1 Å². The highest BCUT2D eigenvalue weighted by atomic mass is 16.7. The van der Waals surface area contributed by atoms with E-state index in [2.05, 4.69) is 58.3 Å². The van der Waals surface area contributed by atoms with Gasteiger partial charge in [0.25, 0.3) is 0 Å². The van der Waals surface area contributed by atoms with E-state index in [1.165, 1.54) is 11.3 Å². The molecule has 0 amide bonds. The van der Waals surface area contributed by atoms with E-state index in [-0.39, 0.29) is 5.60 Å². The van der Waals surface area contributed by atoms with Gasteiger partial charge >= 0.3 is 0 Å². The van der Waals surface area contributed by atoms with Crippen molar-refractivity contribution in [3.8, 4) is 0 Å². The Kier molecular flexibility index (Phi) is 4.64. The van der Waals surface area contributed by atoms with Crippen LogP contribution in [0, 0.1) is 0 Å². The molecule has 5 heteroatoms. The molecule has 2 aromatic rings. The molecule has 0 aliphatic carbocycles. The molecule has 1 atom stereocenters. The van der Waals surface area contributed by atoms with Crippen LogP contribution in [0.1, 0.15) is 30.5 Å². The van der Waals surface area contributed by atoms with Crippen LogP contribution in [0.3, 0.4) is 0 Å². The Balaban J connectivity index is 1.40. The third-order valence-electron chi connectivity index (χ3n) is 5.28. The number of pyridine rings is 1. The Morgan fingerprint density at radius 1 is 1.15 bits per heavy atom. The van der Waals surface area contributed by atoms with E-state index in [1.807, 2.05) is 24.4 Å². The average molecular weight is 350 g/mol. The predicted molar refractivity (Wildman–Crippen MR) is 104 cm³/mol. The van der Waals surface area contributed by atoms with E-state index < -0.39 is 0 Å². The minimum Gasteiger partial charge on any atom is -0.387 e. The minimum absolute atomic E-state index is 0.186. The second-order valence-corrected chi connectivity index (χ2v) is 7.58. The van der Waals surface area contributed by atoms with Crippen molar-refractivity contribution < 1.29 is 4.84 Å². The van der Waals surface area contributed by atoms with Crippen LogP contribution in [0.15, 0.2) is 53.8 Å². The molecule has 2 aliphatic heterocycles. The summed E-state index contributed by atoms with van der Waals surface area (Å²) < 4.78 is 0. The molecule has 1 saturated heterocycles. The molecule has 2 aliphatic rings. The lowest BCUT2D eigenvalue weighted by molar-refractivity contribution is -0.0704. The summed E-state index contributed by atoms with van der Waals surface area (Å²) in [7, 11) is 4.14. The monoisotopic (exact) mass is 350 g/mol. The molecule has 1 fully saturated rings. The molecule has 0 radical (unpaired) electrons. The zero-order chi connectivity index (χ0) is 18.0. The van der Waals surface area contributed by atoms with Gasteiger partial charge in [-0.3, -0.25) is 9.88 Å².